The van der Waals surface area contributed by atoms with Gasteiger partial charge in [0.15, 0.2) is 0 Å². The molecule has 0 bridgehead atoms. The van der Waals surface area contributed by atoms with Gasteiger partial charge in [0.2, 0.25) is 0 Å². The first-order chi connectivity index (χ1) is 5.74. The van der Waals surface area contributed by atoms with E-state index >= 15 is 0 Å². The third kappa shape index (κ3) is 2.86. The molecule has 0 saturated carbocycles. The molecule has 0 radical (unpaired) electrons. The summed E-state index contributed by atoms with van der Waals surface area (Å²) >= 11 is 3.31. The molecule has 1 aliphatic rings. The van der Waals surface area contributed by atoms with Crippen molar-refractivity contribution in [2.75, 3.05) is 32.9 Å². The Morgan fingerprint density at radius 1 is 1.75 bits per heavy atom. The summed E-state index contributed by atoms with van der Waals surface area (Å²) in [7, 11) is 0. The average Bonchev–Trinajstić information content (AvgIpc) is 2.04. The predicted molar refractivity (Wildman–Crippen MR) is 51.3 cm³/mol. The highest BCUT2D eigenvalue weighted by atomic mass is 79.9. The van der Waals surface area contributed by atoms with E-state index < -0.39 is 0 Å². The van der Waals surface area contributed by atoms with Gasteiger partial charge in [-0.2, -0.15) is 0 Å². The van der Waals surface area contributed by atoms with E-state index in [1.54, 1.807) is 0 Å². The van der Waals surface area contributed by atoms with Crippen LogP contribution in [-0.4, -0.2) is 49.0 Å². The van der Waals surface area contributed by atoms with Gasteiger partial charge in [0, 0.05) is 17.6 Å². The molecule has 12 heavy (non-hydrogen) atoms. The van der Waals surface area contributed by atoms with Crippen LogP contribution in [-0.2, 0) is 4.74 Å². The highest BCUT2D eigenvalue weighted by Gasteiger charge is 2.21. The van der Waals surface area contributed by atoms with Gasteiger partial charge >= 0.3 is 0 Å². The van der Waals surface area contributed by atoms with Gasteiger partial charge in [0.05, 0.1) is 25.9 Å². The Labute approximate surface area is 81.1 Å². The van der Waals surface area contributed by atoms with Gasteiger partial charge in [-0.25, -0.2) is 0 Å². The van der Waals surface area contributed by atoms with Crippen molar-refractivity contribution in [2.45, 2.75) is 6.04 Å². The van der Waals surface area contributed by atoms with E-state index in [4.69, 9.17) is 9.84 Å². The smallest absolute Gasteiger partial charge is 0.0644 e. The van der Waals surface area contributed by atoms with Gasteiger partial charge in [-0.15, -0.1) is 0 Å². The molecule has 1 fully saturated rings. The summed E-state index contributed by atoms with van der Waals surface area (Å²) in [6.07, 6.45) is 0. The molecule has 1 unspecified atom stereocenters. The lowest BCUT2D eigenvalue weighted by atomic mass is 10.2. The number of halogens is 1. The second-order valence-corrected chi connectivity index (χ2v) is 4.02. The molecule has 1 N–H and O–H groups in total. The summed E-state index contributed by atoms with van der Waals surface area (Å²) in [6.45, 7) is 6.95. The van der Waals surface area contributed by atoms with Crippen molar-refractivity contribution >= 4 is 15.9 Å². The van der Waals surface area contributed by atoms with Gasteiger partial charge in [-0.3, -0.25) is 4.90 Å². The van der Waals surface area contributed by atoms with Gasteiger partial charge in [0.1, 0.15) is 0 Å². The molecule has 0 spiro atoms. The Morgan fingerprint density at radius 3 is 3.08 bits per heavy atom. The molecule has 1 rings (SSSR count). The van der Waals surface area contributed by atoms with Crippen molar-refractivity contribution in [1.29, 1.82) is 0 Å². The maximum Gasteiger partial charge on any atom is 0.0644 e. The predicted octanol–water partition coefficient (Wildman–Crippen LogP) is 0.588. The molecule has 70 valence electrons. The first-order valence-electron chi connectivity index (χ1n) is 4.00. The molecule has 1 aliphatic heterocycles. The summed E-state index contributed by atoms with van der Waals surface area (Å²) in [5, 5.41) is 9.01. The van der Waals surface area contributed by atoms with Crippen molar-refractivity contribution in [3.05, 3.63) is 11.1 Å². The minimum Gasteiger partial charge on any atom is -0.395 e. The zero-order valence-electron chi connectivity index (χ0n) is 7.00. The second-order valence-electron chi connectivity index (χ2n) is 2.90. The van der Waals surface area contributed by atoms with Gasteiger partial charge < -0.3 is 9.84 Å². The lowest BCUT2D eigenvalue weighted by Crippen LogP contribution is -2.47. The summed E-state index contributed by atoms with van der Waals surface area (Å²) < 4.78 is 6.19. The van der Waals surface area contributed by atoms with Crippen LogP contribution in [0.2, 0.25) is 0 Å². The molecule has 4 heteroatoms. The number of hydrogen-bond acceptors (Lipinski definition) is 3. The largest absolute Gasteiger partial charge is 0.395 e. The molecule has 0 aromatic rings. The molecule has 1 heterocycles. The minimum atomic E-state index is 0.132. The van der Waals surface area contributed by atoms with Crippen molar-refractivity contribution in [3.63, 3.8) is 0 Å². The van der Waals surface area contributed by atoms with Crippen LogP contribution in [0.3, 0.4) is 0 Å². The molecular weight excluding hydrogens is 222 g/mol. The lowest BCUT2D eigenvalue weighted by molar-refractivity contribution is -0.0221. The maximum absolute atomic E-state index is 9.01. The molecule has 3 nitrogen and oxygen atoms in total. The topological polar surface area (TPSA) is 32.7 Å². The third-order valence-electron chi connectivity index (χ3n) is 1.93. The van der Waals surface area contributed by atoms with Crippen LogP contribution in [0.15, 0.2) is 11.1 Å². The number of aliphatic hydroxyl groups excluding tert-OH is 1. The van der Waals surface area contributed by atoms with Gasteiger partial charge in [-0.05, 0) is 0 Å². The highest BCUT2D eigenvalue weighted by Crippen LogP contribution is 2.11. The first-order valence-corrected chi connectivity index (χ1v) is 4.79. The molecule has 0 aromatic carbocycles. The zero-order chi connectivity index (χ0) is 8.97. The van der Waals surface area contributed by atoms with Crippen LogP contribution in [0.25, 0.3) is 0 Å². The zero-order valence-corrected chi connectivity index (χ0v) is 8.59. The number of hydrogen-bond donors (Lipinski definition) is 1. The molecular formula is C8H14BrNO2. The fourth-order valence-electron chi connectivity index (χ4n) is 1.29. The monoisotopic (exact) mass is 235 g/mol. The summed E-state index contributed by atoms with van der Waals surface area (Å²) in [4.78, 5) is 2.17. The average molecular weight is 236 g/mol. The number of rotatable bonds is 3. The molecule has 1 saturated heterocycles. The van der Waals surface area contributed by atoms with E-state index in [9.17, 15) is 0 Å². The molecule has 1 atom stereocenters. The quantitative estimate of drug-likeness (QED) is 0.778. The Kier molecular flexibility index (Phi) is 4.21. The highest BCUT2D eigenvalue weighted by molar-refractivity contribution is 9.11. The molecule has 0 aliphatic carbocycles. The fraction of sp³-hybridized carbons (Fsp3) is 0.750. The number of ether oxygens (including phenoxy) is 1. The van der Waals surface area contributed by atoms with Gasteiger partial charge in [-0.1, -0.05) is 22.5 Å². The van der Waals surface area contributed by atoms with Crippen LogP contribution in [0, 0.1) is 0 Å². The van der Waals surface area contributed by atoms with E-state index in [2.05, 4.69) is 27.4 Å². The Balaban J connectivity index is 2.41. The normalized spacial score (nSPS) is 25.7. The Morgan fingerprint density at radius 2 is 2.50 bits per heavy atom. The number of aliphatic hydroxyl groups is 1. The summed E-state index contributed by atoms with van der Waals surface area (Å²) in [6, 6.07) is 0.132. The lowest BCUT2D eigenvalue weighted by Gasteiger charge is -2.34. The summed E-state index contributed by atoms with van der Waals surface area (Å²) in [5.74, 6) is 0. The van der Waals surface area contributed by atoms with Gasteiger partial charge in [0.25, 0.3) is 0 Å². The maximum atomic E-state index is 9.01. The van der Waals surface area contributed by atoms with Crippen molar-refractivity contribution in [3.8, 4) is 0 Å². The van der Waals surface area contributed by atoms with E-state index in [0.717, 1.165) is 24.2 Å². The van der Waals surface area contributed by atoms with Crippen molar-refractivity contribution < 1.29 is 9.84 Å². The van der Waals surface area contributed by atoms with Crippen LogP contribution in [0.1, 0.15) is 0 Å². The van der Waals surface area contributed by atoms with E-state index in [1.807, 2.05) is 0 Å². The van der Waals surface area contributed by atoms with E-state index in [-0.39, 0.29) is 12.6 Å². The van der Waals surface area contributed by atoms with Crippen LogP contribution >= 0.6 is 15.9 Å². The Hall–Kier alpha value is 0.1000. The SMILES string of the molecule is C=C(Br)CN1CCOCC1CO. The first kappa shape index (κ1) is 10.2. The third-order valence-corrected chi connectivity index (χ3v) is 2.19. The molecule has 0 amide bonds. The van der Waals surface area contributed by atoms with Crippen molar-refractivity contribution in [2.24, 2.45) is 0 Å². The number of nitrogens with zero attached hydrogens (tertiary/aromatic N) is 1. The number of morpholine rings is 1. The van der Waals surface area contributed by atoms with Crippen molar-refractivity contribution in [1.82, 2.24) is 4.90 Å². The Bertz CT molecular complexity index is 163. The second kappa shape index (κ2) is 4.97. The van der Waals surface area contributed by atoms with Crippen LogP contribution in [0.5, 0.6) is 0 Å². The standard InChI is InChI=1S/C8H14BrNO2/c1-7(9)4-10-2-3-12-6-8(10)5-11/h8,11H,1-6H2. The van der Waals surface area contributed by atoms with E-state index in [0.29, 0.717) is 6.61 Å². The van der Waals surface area contributed by atoms with Crippen LogP contribution in [0.4, 0.5) is 0 Å². The van der Waals surface area contributed by atoms with E-state index in [1.165, 1.54) is 0 Å². The minimum absolute atomic E-state index is 0.132. The van der Waals surface area contributed by atoms with Crippen LogP contribution < -0.4 is 0 Å². The fourth-order valence-corrected chi connectivity index (χ4v) is 1.61. The molecule has 0 aromatic heterocycles. The summed E-state index contributed by atoms with van der Waals surface area (Å²) in [5.41, 5.74) is 0.